The molecule has 1 unspecified atom stereocenters. The van der Waals surface area contributed by atoms with Gasteiger partial charge < -0.3 is 4.90 Å². The molecular weight excluding hydrogens is 399 g/mol. The number of aryl methyl sites for hydroxylation is 2. The molecule has 0 radical (unpaired) electrons. The Labute approximate surface area is 179 Å². The number of pyridine rings is 1. The molecule has 1 aliphatic carbocycles. The fourth-order valence-electron chi connectivity index (χ4n) is 4.71. The van der Waals surface area contributed by atoms with Gasteiger partial charge in [-0.2, -0.15) is 5.21 Å². The average Bonchev–Trinajstić information content (AvgIpc) is 3.40. The van der Waals surface area contributed by atoms with Gasteiger partial charge in [0.1, 0.15) is 12.0 Å². The van der Waals surface area contributed by atoms with Gasteiger partial charge >= 0.3 is 0 Å². The predicted octanol–water partition coefficient (Wildman–Crippen LogP) is 4.76. The number of halogens is 1. The van der Waals surface area contributed by atoms with Crippen molar-refractivity contribution in [3.63, 3.8) is 0 Å². The maximum absolute atomic E-state index is 14.4. The zero-order chi connectivity index (χ0) is 20.5. The lowest BCUT2D eigenvalue weighted by Crippen LogP contribution is -2.37. The quantitative estimate of drug-likeness (QED) is 0.609. The van der Waals surface area contributed by atoms with Crippen LogP contribution in [-0.4, -0.2) is 44.9 Å². The number of alkyl halides is 1. The second-order valence-electron chi connectivity index (χ2n) is 8.21. The Hall–Kier alpha value is -2.35. The third-order valence-electron chi connectivity index (χ3n) is 6.19. The van der Waals surface area contributed by atoms with E-state index in [-0.39, 0.29) is 0 Å². The average molecular weight is 427 g/mol. The normalized spacial score (nSPS) is 19.5. The molecule has 1 aliphatic heterocycles. The molecule has 0 spiro atoms. The Morgan fingerprint density at radius 3 is 2.83 bits per heavy atom. The van der Waals surface area contributed by atoms with Crippen LogP contribution in [0.25, 0.3) is 21.8 Å². The van der Waals surface area contributed by atoms with Crippen molar-refractivity contribution in [3.8, 4) is 21.8 Å². The first kappa shape index (κ1) is 19.6. The van der Waals surface area contributed by atoms with Crippen molar-refractivity contribution < 1.29 is 4.39 Å². The molecule has 4 heterocycles. The van der Waals surface area contributed by atoms with E-state index in [1.165, 1.54) is 27.3 Å². The van der Waals surface area contributed by atoms with E-state index >= 15 is 0 Å². The largest absolute Gasteiger partial charge is 0.353 e. The molecule has 2 aliphatic rings. The molecule has 0 amide bonds. The summed E-state index contributed by atoms with van der Waals surface area (Å²) in [5.41, 5.74) is 4.57. The molecule has 3 aromatic heterocycles. The number of thiophene rings is 1. The highest BCUT2D eigenvalue weighted by atomic mass is 32.1. The summed E-state index contributed by atoms with van der Waals surface area (Å²) in [6, 6.07) is 4.42. The molecule has 1 fully saturated rings. The highest BCUT2D eigenvalue weighted by Crippen LogP contribution is 2.45. The van der Waals surface area contributed by atoms with Crippen molar-refractivity contribution in [3.05, 3.63) is 28.3 Å². The fraction of sp³-hybridized carbons (Fsp3) is 0.545. The van der Waals surface area contributed by atoms with Crippen LogP contribution >= 0.6 is 11.3 Å². The van der Waals surface area contributed by atoms with E-state index in [0.29, 0.717) is 18.8 Å². The molecule has 158 valence electrons. The highest BCUT2D eigenvalue weighted by molar-refractivity contribution is 7.15. The lowest BCUT2D eigenvalue weighted by Gasteiger charge is -2.32. The molecule has 0 saturated carbocycles. The Bertz CT molecular complexity index is 1020. The topological polar surface area (TPSA) is 70.6 Å². The molecule has 3 aromatic rings. The van der Waals surface area contributed by atoms with Crippen LogP contribution in [0.2, 0.25) is 0 Å². The number of hydrogen-bond donors (Lipinski definition) is 1. The van der Waals surface area contributed by atoms with Crippen molar-refractivity contribution in [2.45, 2.75) is 64.5 Å². The summed E-state index contributed by atoms with van der Waals surface area (Å²) in [5.74, 6) is 1.37. The molecule has 6 nitrogen and oxygen atoms in total. The third-order valence-corrected chi connectivity index (χ3v) is 7.44. The molecule has 1 atom stereocenters. The van der Waals surface area contributed by atoms with Crippen LogP contribution in [0.3, 0.4) is 0 Å². The maximum atomic E-state index is 14.4. The first-order valence-corrected chi connectivity index (χ1v) is 11.8. The number of rotatable bonds is 4. The van der Waals surface area contributed by atoms with Crippen molar-refractivity contribution in [2.24, 2.45) is 0 Å². The number of nitrogens with zero attached hydrogens (tertiary/aromatic N) is 5. The number of piperidine rings is 1. The Kier molecular flexibility index (Phi) is 5.50. The number of aromatic amines is 1. The minimum Gasteiger partial charge on any atom is -0.353 e. The van der Waals surface area contributed by atoms with Gasteiger partial charge in [-0.15, -0.1) is 21.5 Å². The lowest BCUT2D eigenvalue weighted by atomic mass is 9.94. The summed E-state index contributed by atoms with van der Waals surface area (Å²) in [5, 5.41) is 15.1. The van der Waals surface area contributed by atoms with Crippen LogP contribution < -0.4 is 4.90 Å². The summed E-state index contributed by atoms with van der Waals surface area (Å²) in [6.45, 7) is 3.37. The zero-order valence-electron chi connectivity index (χ0n) is 17.3. The van der Waals surface area contributed by atoms with Crippen LogP contribution in [0.1, 0.15) is 55.2 Å². The SMILES string of the molecule is CCc1ccc(-c2c3c(nc(N4CCCC(F)C4)c2-c2nn[nH]n2)CCCCC3)s1. The van der Waals surface area contributed by atoms with Gasteiger partial charge in [-0.3, -0.25) is 0 Å². The minimum absolute atomic E-state index is 0.376. The van der Waals surface area contributed by atoms with Crippen molar-refractivity contribution in [1.82, 2.24) is 25.6 Å². The maximum Gasteiger partial charge on any atom is 0.209 e. The molecular formula is C22H27FN6S. The van der Waals surface area contributed by atoms with Gasteiger partial charge in [-0.05, 0) is 67.9 Å². The summed E-state index contributed by atoms with van der Waals surface area (Å²) in [7, 11) is 0. The number of hydrogen-bond acceptors (Lipinski definition) is 6. The molecule has 0 bridgehead atoms. The summed E-state index contributed by atoms with van der Waals surface area (Å²) >= 11 is 1.83. The standard InChI is InChI=1S/C22H27FN6S/c1-2-15-10-11-18(30-15)19-16-8-4-3-5-9-17(16)24-22(20(19)21-25-27-28-26-21)29-12-6-7-14(23)13-29/h10-11,14H,2-9,12-13H2,1H3,(H,25,26,27,28). The smallest absolute Gasteiger partial charge is 0.209 e. The van der Waals surface area contributed by atoms with E-state index in [4.69, 9.17) is 4.98 Å². The Morgan fingerprint density at radius 2 is 2.07 bits per heavy atom. The molecule has 30 heavy (non-hydrogen) atoms. The van der Waals surface area contributed by atoms with Gasteiger partial charge in [-0.25, -0.2) is 9.37 Å². The minimum atomic E-state index is -0.825. The van der Waals surface area contributed by atoms with E-state index in [2.05, 4.69) is 44.6 Å². The number of fused-ring (bicyclic) bond motifs is 1. The first-order chi connectivity index (χ1) is 14.7. The number of tetrazole rings is 1. The van der Waals surface area contributed by atoms with Crippen LogP contribution in [0.4, 0.5) is 10.2 Å². The number of aromatic nitrogens is 5. The lowest BCUT2D eigenvalue weighted by molar-refractivity contribution is 0.286. The van der Waals surface area contributed by atoms with Gasteiger partial charge in [0.2, 0.25) is 5.82 Å². The zero-order valence-corrected chi connectivity index (χ0v) is 18.1. The van der Waals surface area contributed by atoms with Crippen molar-refractivity contribution in [2.75, 3.05) is 18.0 Å². The molecule has 5 rings (SSSR count). The van der Waals surface area contributed by atoms with Gasteiger partial charge in [0.05, 0.1) is 12.1 Å². The highest BCUT2D eigenvalue weighted by Gasteiger charge is 2.30. The number of H-pyrrole nitrogens is 1. The monoisotopic (exact) mass is 426 g/mol. The van der Waals surface area contributed by atoms with E-state index in [0.717, 1.165) is 62.1 Å². The van der Waals surface area contributed by atoms with Gasteiger partial charge in [0.15, 0.2) is 0 Å². The summed E-state index contributed by atoms with van der Waals surface area (Å²) < 4.78 is 14.4. The van der Waals surface area contributed by atoms with Gasteiger partial charge in [0, 0.05) is 27.6 Å². The van der Waals surface area contributed by atoms with Gasteiger partial charge in [0.25, 0.3) is 0 Å². The number of nitrogens with one attached hydrogen (secondary N) is 1. The summed E-state index contributed by atoms with van der Waals surface area (Å²) in [4.78, 5) is 9.82. The Balaban J connectivity index is 1.78. The van der Waals surface area contributed by atoms with Crippen molar-refractivity contribution in [1.29, 1.82) is 0 Å². The number of anilines is 1. The third kappa shape index (κ3) is 3.62. The van der Waals surface area contributed by atoms with Crippen molar-refractivity contribution >= 4 is 17.2 Å². The summed E-state index contributed by atoms with van der Waals surface area (Å²) in [6.07, 6.45) is 7.15. The molecule has 1 saturated heterocycles. The van der Waals surface area contributed by atoms with Crippen LogP contribution in [0, 0.1) is 0 Å². The van der Waals surface area contributed by atoms with E-state index in [9.17, 15) is 4.39 Å². The van der Waals surface area contributed by atoms with E-state index in [1.54, 1.807) is 0 Å². The second-order valence-corrected chi connectivity index (χ2v) is 9.38. The first-order valence-electron chi connectivity index (χ1n) is 11.0. The second kappa shape index (κ2) is 8.41. The molecule has 8 heteroatoms. The van der Waals surface area contributed by atoms with E-state index < -0.39 is 6.17 Å². The predicted molar refractivity (Wildman–Crippen MR) is 118 cm³/mol. The van der Waals surface area contributed by atoms with Crippen LogP contribution in [0.15, 0.2) is 12.1 Å². The molecule has 1 N–H and O–H groups in total. The Morgan fingerprint density at radius 1 is 1.17 bits per heavy atom. The fourth-order valence-corrected chi connectivity index (χ4v) is 5.73. The van der Waals surface area contributed by atoms with E-state index in [1.807, 2.05) is 11.3 Å². The van der Waals surface area contributed by atoms with Gasteiger partial charge in [-0.1, -0.05) is 13.3 Å². The van der Waals surface area contributed by atoms with Crippen LogP contribution in [-0.2, 0) is 19.3 Å². The van der Waals surface area contributed by atoms with Crippen LogP contribution in [0.5, 0.6) is 0 Å². The molecule has 0 aromatic carbocycles.